The number of hydrogen-bond acceptors (Lipinski definition) is 7. The van der Waals surface area contributed by atoms with Crippen molar-refractivity contribution >= 4 is 17.7 Å². The third kappa shape index (κ3) is 4.09. The number of aromatic nitrogens is 6. The summed E-state index contributed by atoms with van der Waals surface area (Å²) in [4.78, 5) is 29.5. The first-order valence-corrected chi connectivity index (χ1v) is 8.81. The smallest absolute Gasteiger partial charge is 0.276 e. The molecule has 0 saturated carbocycles. The Kier molecular flexibility index (Phi) is 4.87. The van der Waals surface area contributed by atoms with E-state index in [1.165, 1.54) is 0 Å². The molecule has 140 valence electrons. The number of pyridine rings is 1. The summed E-state index contributed by atoms with van der Waals surface area (Å²) >= 11 is 0. The predicted octanol–water partition coefficient (Wildman–Crippen LogP) is 2.86. The quantitative estimate of drug-likeness (QED) is 0.628. The molecule has 0 spiro atoms. The zero-order valence-electron chi connectivity index (χ0n) is 15.2. The van der Waals surface area contributed by atoms with Crippen LogP contribution in [0, 0.1) is 6.92 Å². The maximum Gasteiger partial charge on any atom is 0.276 e. The molecule has 0 aromatic carbocycles. The van der Waals surface area contributed by atoms with Crippen LogP contribution in [0.5, 0.6) is 0 Å². The minimum Gasteiger partial charge on any atom is -0.342 e. The molecule has 9 heteroatoms. The summed E-state index contributed by atoms with van der Waals surface area (Å²) in [6.45, 7) is 1.73. The SMILES string of the molecule is Cc1nc(NC(=O)c2cc(NC3=CC=CCC3)n[nH]2)nc(-c2ccccn2)n1. The lowest BCUT2D eigenvalue weighted by Gasteiger charge is -2.09. The molecule has 0 radical (unpaired) electrons. The van der Waals surface area contributed by atoms with E-state index in [4.69, 9.17) is 0 Å². The van der Waals surface area contributed by atoms with Gasteiger partial charge in [0, 0.05) is 18.0 Å². The molecule has 0 fully saturated rings. The number of carbonyl (C=O) groups is 1. The van der Waals surface area contributed by atoms with Gasteiger partial charge in [-0.05, 0) is 38.0 Å². The van der Waals surface area contributed by atoms with Crippen molar-refractivity contribution < 1.29 is 4.79 Å². The van der Waals surface area contributed by atoms with Gasteiger partial charge in [-0.15, -0.1) is 0 Å². The number of rotatable bonds is 5. The molecule has 4 rings (SSSR count). The van der Waals surface area contributed by atoms with Gasteiger partial charge in [-0.3, -0.25) is 20.2 Å². The molecule has 3 aromatic heterocycles. The number of aryl methyl sites for hydroxylation is 1. The van der Waals surface area contributed by atoms with Crippen molar-refractivity contribution in [2.24, 2.45) is 0 Å². The lowest BCUT2D eigenvalue weighted by molar-refractivity contribution is 0.102. The zero-order valence-corrected chi connectivity index (χ0v) is 15.2. The van der Waals surface area contributed by atoms with Crippen molar-refractivity contribution in [3.8, 4) is 11.5 Å². The summed E-state index contributed by atoms with van der Waals surface area (Å²) in [5, 5.41) is 12.7. The molecule has 3 N–H and O–H groups in total. The van der Waals surface area contributed by atoms with Crippen LogP contribution in [0.15, 0.2) is 54.4 Å². The van der Waals surface area contributed by atoms with Gasteiger partial charge in [0.15, 0.2) is 11.6 Å². The van der Waals surface area contributed by atoms with Gasteiger partial charge in [0.1, 0.15) is 17.2 Å². The van der Waals surface area contributed by atoms with Gasteiger partial charge in [0.05, 0.1) is 0 Å². The Bertz CT molecular complexity index is 1050. The number of nitrogens with zero attached hydrogens (tertiary/aromatic N) is 5. The average molecular weight is 374 g/mol. The predicted molar refractivity (Wildman–Crippen MR) is 104 cm³/mol. The molecule has 3 aromatic rings. The molecule has 1 aliphatic carbocycles. The fraction of sp³-hybridized carbons (Fsp3) is 0.158. The zero-order chi connectivity index (χ0) is 19.3. The van der Waals surface area contributed by atoms with Crippen molar-refractivity contribution in [3.05, 3.63) is 65.9 Å². The first kappa shape index (κ1) is 17.5. The number of anilines is 2. The molecule has 0 atom stereocenters. The number of nitrogens with one attached hydrogen (secondary N) is 3. The highest BCUT2D eigenvalue weighted by Gasteiger charge is 2.14. The average Bonchev–Trinajstić information content (AvgIpc) is 3.18. The van der Waals surface area contributed by atoms with Crippen LogP contribution in [0.25, 0.3) is 11.5 Å². The number of amides is 1. The van der Waals surface area contributed by atoms with E-state index in [1.54, 1.807) is 25.3 Å². The standard InChI is InChI=1S/C19H18N8O/c1-12-21-17(14-9-5-6-10-20-14)24-19(22-12)25-18(28)15-11-16(27-26-15)23-13-7-3-2-4-8-13/h2-3,5-7,9-11H,4,8H2,1H3,(H2,23,26,27)(H,21,22,24,25,28). The van der Waals surface area contributed by atoms with E-state index >= 15 is 0 Å². The van der Waals surface area contributed by atoms with Crippen molar-refractivity contribution in [2.75, 3.05) is 10.6 Å². The maximum absolute atomic E-state index is 12.5. The number of aromatic amines is 1. The van der Waals surface area contributed by atoms with Crippen LogP contribution < -0.4 is 10.6 Å². The maximum atomic E-state index is 12.5. The second-order valence-corrected chi connectivity index (χ2v) is 6.15. The van der Waals surface area contributed by atoms with E-state index in [0.29, 0.717) is 28.9 Å². The second kappa shape index (κ2) is 7.78. The summed E-state index contributed by atoms with van der Waals surface area (Å²) in [6, 6.07) is 7.09. The van der Waals surface area contributed by atoms with Gasteiger partial charge in [-0.25, -0.2) is 4.98 Å². The first-order valence-electron chi connectivity index (χ1n) is 8.81. The van der Waals surface area contributed by atoms with Crippen molar-refractivity contribution in [2.45, 2.75) is 19.8 Å². The lowest BCUT2D eigenvalue weighted by atomic mass is 10.1. The Labute approximate surface area is 161 Å². The van der Waals surface area contributed by atoms with E-state index in [0.717, 1.165) is 18.5 Å². The summed E-state index contributed by atoms with van der Waals surface area (Å²) in [7, 11) is 0. The molecule has 0 unspecified atom stereocenters. The first-order chi connectivity index (χ1) is 13.7. The van der Waals surface area contributed by atoms with Crippen LogP contribution in [-0.2, 0) is 0 Å². The largest absolute Gasteiger partial charge is 0.342 e. The molecule has 28 heavy (non-hydrogen) atoms. The third-order valence-corrected chi connectivity index (χ3v) is 3.99. The minimum absolute atomic E-state index is 0.155. The van der Waals surface area contributed by atoms with Crippen LogP contribution in [0.2, 0.25) is 0 Å². The second-order valence-electron chi connectivity index (χ2n) is 6.15. The van der Waals surface area contributed by atoms with Crippen molar-refractivity contribution in [1.82, 2.24) is 30.1 Å². The van der Waals surface area contributed by atoms with E-state index in [1.807, 2.05) is 24.3 Å². The van der Waals surface area contributed by atoms with Crippen LogP contribution in [0.3, 0.4) is 0 Å². The highest BCUT2D eigenvalue weighted by molar-refractivity contribution is 6.02. The van der Waals surface area contributed by atoms with Gasteiger partial charge in [-0.1, -0.05) is 18.2 Å². The summed E-state index contributed by atoms with van der Waals surface area (Å²) in [6.07, 6.45) is 9.63. The fourth-order valence-corrected chi connectivity index (χ4v) is 2.69. The Balaban J connectivity index is 1.49. The summed E-state index contributed by atoms with van der Waals surface area (Å²) in [5.74, 6) is 1.22. The molecule has 1 amide bonds. The molecule has 9 nitrogen and oxygen atoms in total. The minimum atomic E-state index is -0.393. The van der Waals surface area contributed by atoms with Crippen LogP contribution >= 0.6 is 0 Å². The van der Waals surface area contributed by atoms with Crippen LogP contribution in [0.1, 0.15) is 29.2 Å². The van der Waals surface area contributed by atoms with Gasteiger partial charge < -0.3 is 5.32 Å². The summed E-state index contributed by atoms with van der Waals surface area (Å²) in [5.41, 5.74) is 1.95. The number of H-pyrrole nitrogens is 1. The van der Waals surface area contributed by atoms with Gasteiger partial charge in [0.25, 0.3) is 5.91 Å². The molecule has 0 aliphatic heterocycles. The van der Waals surface area contributed by atoms with E-state index in [2.05, 4.69) is 46.8 Å². The van der Waals surface area contributed by atoms with Crippen molar-refractivity contribution in [3.63, 3.8) is 0 Å². The monoisotopic (exact) mass is 374 g/mol. The summed E-state index contributed by atoms with van der Waals surface area (Å²) < 4.78 is 0. The van der Waals surface area contributed by atoms with Crippen LogP contribution in [-0.4, -0.2) is 36.0 Å². The Morgan fingerprint density at radius 1 is 1.21 bits per heavy atom. The molecular formula is C19H18N8O. The molecular weight excluding hydrogens is 356 g/mol. The normalized spacial score (nSPS) is 13.1. The van der Waals surface area contributed by atoms with Crippen molar-refractivity contribution in [1.29, 1.82) is 0 Å². The number of carbonyl (C=O) groups excluding carboxylic acids is 1. The van der Waals surface area contributed by atoms with Crippen LogP contribution in [0.4, 0.5) is 11.8 Å². The van der Waals surface area contributed by atoms with E-state index in [9.17, 15) is 4.79 Å². The fourth-order valence-electron chi connectivity index (χ4n) is 2.69. The Morgan fingerprint density at radius 3 is 2.93 bits per heavy atom. The van der Waals surface area contributed by atoms with E-state index < -0.39 is 5.91 Å². The highest BCUT2D eigenvalue weighted by Crippen LogP contribution is 2.17. The molecule has 1 aliphatic rings. The third-order valence-electron chi connectivity index (χ3n) is 3.99. The topological polar surface area (TPSA) is 121 Å². The Morgan fingerprint density at radius 2 is 2.14 bits per heavy atom. The molecule has 0 saturated heterocycles. The van der Waals surface area contributed by atoms with Gasteiger partial charge in [-0.2, -0.15) is 15.1 Å². The molecule has 3 heterocycles. The highest BCUT2D eigenvalue weighted by atomic mass is 16.2. The number of allylic oxidation sites excluding steroid dienone is 4. The number of hydrogen-bond donors (Lipinski definition) is 3. The van der Waals surface area contributed by atoms with Gasteiger partial charge in [0.2, 0.25) is 5.95 Å². The molecule has 0 bridgehead atoms. The lowest BCUT2D eigenvalue weighted by Crippen LogP contribution is -2.16. The van der Waals surface area contributed by atoms with Gasteiger partial charge >= 0.3 is 0 Å². The van der Waals surface area contributed by atoms with E-state index in [-0.39, 0.29) is 5.95 Å². The Hall–Kier alpha value is -3.88.